The molecule has 0 radical (unpaired) electrons. The van der Waals surface area contributed by atoms with E-state index in [1.807, 2.05) is 10.6 Å². The molecule has 0 amide bonds. The van der Waals surface area contributed by atoms with Crippen molar-refractivity contribution in [1.82, 2.24) is 19.5 Å². The minimum atomic E-state index is 0.892. The van der Waals surface area contributed by atoms with Crippen LogP contribution in [0.4, 0.5) is 5.82 Å². The molecule has 0 atom stereocenters. The molecule has 5 heteroatoms. The lowest BCUT2D eigenvalue weighted by Crippen LogP contribution is -2.30. The van der Waals surface area contributed by atoms with Gasteiger partial charge in [-0.05, 0) is 44.1 Å². The maximum Gasteiger partial charge on any atom is 0.157 e. The van der Waals surface area contributed by atoms with Crippen LogP contribution in [0.3, 0.4) is 0 Å². The zero-order valence-electron chi connectivity index (χ0n) is 12.1. The smallest absolute Gasteiger partial charge is 0.157 e. The molecule has 0 fully saturated rings. The topological polar surface area (TPSA) is 45.5 Å². The van der Waals surface area contributed by atoms with Crippen molar-refractivity contribution in [3.8, 4) is 0 Å². The van der Waals surface area contributed by atoms with E-state index in [1.165, 1.54) is 12.0 Å². The second-order valence-corrected chi connectivity index (χ2v) is 4.81. The highest BCUT2D eigenvalue weighted by atomic mass is 15.3. The first-order valence-corrected chi connectivity index (χ1v) is 7.01. The highest BCUT2D eigenvalue weighted by molar-refractivity contribution is 5.51. The predicted octanol–water partition coefficient (Wildman–Crippen LogP) is 2.18. The summed E-state index contributed by atoms with van der Waals surface area (Å²) in [6.45, 7) is 10.7. The molecule has 0 unspecified atom stereocenters. The number of nitrogens with zero attached hydrogens (tertiary/aromatic N) is 4. The number of anilines is 1. The Morgan fingerprint density at radius 2 is 2.11 bits per heavy atom. The van der Waals surface area contributed by atoms with Gasteiger partial charge in [-0.25, -0.2) is 4.98 Å². The molecular formula is C14H23N5. The molecule has 2 heterocycles. The van der Waals surface area contributed by atoms with Gasteiger partial charge >= 0.3 is 0 Å². The molecular weight excluding hydrogens is 238 g/mol. The summed E-state index contributed by atoms with van der Waals surface area (Å²) in [6.07, 6.45) is 2.79. The molecule has 0 saturated heterocycles. The standard InChI is InChI=1S/C14H23N5/c1-4-7-18(5-2)8-6-15-13-9-12(3)10-14-16-11-17-19(13)14/h9-11,15H,4-8H2,1-3H3. The maximum absolute atomic E-state index is 4.24. The lowest BCUT2D eigenvalue weighted by atomic mass is 10.3. The van der Waals surface area contributed by atoms with Crippen molar-refractivity contribution in [2.24, 2.45) is 0 Å². The number of aryl methyl sites for hydroxylation is 1. The Bertz CT molecular complexity index is 520. The van der Waals surface area contributed by atoms with Crippen molar-refractivity contribution in [3.05, 3.63) is 24.0 Å². The maximum atomic E-state index is 4.24. The van der Waals surface area contributed by atoms with E-state index in [0.717, 1.165) is 37.6 Å². The van der Waals surface area contributed by atoms with Crippen LogP contribution in [0.2, 0.25) is 0 Å². The summed E-state index contributed by atoms with van der Waals surface area (Å²) in [7, 11) is 0. The fourth-order valence-electron chi connectivity index (χ4n) is 2.27. The van der Waals surface area contributed by atoms with Gasteiger partial charge in [0.1, 0.15) is 12.1 Å². The van der Waals surface area contributed by atoms with E-state index in [0.29, 0.717) is 0 Å². The number of nitrogens with one attached hydrogen (secondary N) is 1. The highest BCUT2D eigenvalue weighted by Crippen LogP contribution is 2.12. The van der Waals surface area contributed by atoms with E-state index in [9.17, 15) is 0 Å². The number of aromatic nitrogens is 3. The number of hydrogen-bond donors (Lipinski definition) is 1. The number of likely N-dealkylation sites (N-methyl/N-ethyl adjacent to an activating group) is 1. The van der Waals surface area contributed by atoms with E-state index in [1.54, 1.807) is 6.33 Å². The second-order valence-electron chi connectivity index (χ2n) is 4.81. The average molecular weight is 261 g/mol. The van der Waals surface area contributed by atoms with Gasteiger partial charge in [0.2, 0.25) is 0 Å². The van der Waals surface area contributed by atoms with Crippen LogP contribution in [0.1, 0.15) is 25.8 Å². The molecule has 0 bridgehead atoms. The molecule has 0 aromatic carbocycles. The molecule has 5 nitrogen and oxygen atoms in total. The minimum Gasteiger partial charge on any atom is -0.369 e. The molecule has 0 aliphatic rings. The van der Waals surface area contributed by atoms with Gasteiger partial charge in [-0.15, -0.1) is 0 Å². The van der Waals surface area contributed by atoms with Crippen molar-refractivity contribution in [2.45, 2.75) is 27.2 Å². The molecule has 0 spiro atoms. The third-order valence-electron chi connectivity index (χ3n) is 3.24. The molecule has 1 N–H and O–H groups in total. The third kappa shape index (κ3) is 3.44. The van der Waals surface area contributed by atoms with E-state index in [4.69, 9.17) is 0 Å². The third-order valence-corrected chi connectivity index (χ3v) is 3.24. The lowest BCUT2D eigenvalue weighted by molar-refractivity contribution is 0.300. The van der Waals surface area contributed by atoms with Gasteiger partial charge in [0.05, 0.1) is 0 Å². The van der Waals surface area contributed by atoms with Crippen LogP contribution in [0.15, 0.2) is 18.5 Å². The Hall–Kier alpha value is -1.62. The van der Waals surface area contributed by atoms with Crippen LogP contribution in [-0.2, 0) is 0 Å². The second kappa shape index (κ2) is 6.52. The fourth-order valence-corrected chi connectivity index (χ4v) is 2.27. The predicted molar refractivity (Wildman–Crippen MR) is 78.6 cm³/mol. The molecule has 0 aliphatic heterocycles. The quantitative estimate of drug-likeness (QED) is 0.830. The monoisotopic (exact) mass is 261 g/mol. The van der Waals surface area contributed by atoms with Gasteiger partial charge in [0, 0.05) is 13.1 Å². The molecule has 2 aromatic rings. The van der Waals surface area contributed by atoms with Gasteiger partial charge in [0.25, 0.3) is 0 Å². The van der Waals surface area contributed by atoms with Gasteiger partial charge in [-0.1, -0.05) is 13.8 Å². The van der Waals surface area contributed by atoms with Crippen LogP contribution in [0.25, 0.3) is 5.65 Å². The summed E-state index contributed by atoms with van der Waals surface area (Å²) in [5.74, 6) is 1.01. The lowest BCUT2D eigenvalue weighted by Gasteiger charge is -2.20. The van der Waals surface area contributed by atoms with Crippen LogP contribution >= 0.6 is 0 Å². The summed E-state index contributed by atoms with van der Waals surface area (Å²) < 4.78 is 1.85. The molecule has 0 aliphatic carbocycles. The molecule has 19 heavy (non-hydrogen) atoms. The Morgan fingerprint density at radius 1 is 1.26 bits per heavy atom. The molecule has 2 rings (SSSR count). The van der Waals surface area contributed by atoms with Gasteiger partial charge in [-0.3, -0.25) is 0 Å². The first kappa shape index (κ1) is 13.8. The first-order valence-electron chi connectivity index (χ1n) is 7.01. The molecule has 104 valence electrons. The first-order chi connectivity index (χ1) is 9.24. The van der Waals surface area contributed by atoms with Crippen molar-refractivity contribution >= 4 is 11.5 Å². The number of hydrogen-bond acceptors (Lipinski definition) is 4. The summed E-state index contributed by atoms with van der Waals surface area (Å²) in [4.78, 5) is 6.68. The van der Waals surface area contributed by atoms with E-state index < -0.39 is 0 Å². The van der Waals surface area contributed by atoms with Crippen molar-refractivity contribution in [3.63, 3.8) is 0 Å². The van der Waals surface area contributed by atoms with Gasteiger partial charge < -0.3 is 10.2 Å². The van der Waals surface area contributed by atoms with Gasteiger partial charge in [-0.2, -0.15) is 9.61 Å². The largest absolute Gasteiger partial charge is 0.369 e. The van der Waals surface area contributed by atoms with E-state index in [-0.39, 0.29) is 0 Å². The SMILES string of the molecule is CCCN(CC)CCNc1cc(C)cc2ncnn12. The Balaban J connectivity index is 1.99. The fraction of sp³-hybridized carbons (Fsp3) is 0.571. The summed E-state index contributed by atoms with van der Waals surface area (Å²) in [6, 6.07) is 4.14. The van der Waals surface area contributed by atoms with E-state index >= 15 is 0 Å². The van der Waals surface area contributed by atoms with Crippen LogP contribution in [0.5, 0.6) is 0 Å². The molecule has 0 saturated carbocycles. The number of fused-ring (bicyclic) bond motifs is 1. The zero-order valence-corrected chi connectivity index (χ0v) is 12.1. The minimum absolute atomic E-state index is 0.892. The summed E-state index contributed by atoms with van der Waals surface area (Å²) >= 11 is 0. The van der Waals surface area contributed by atoms with Crippen molar-refractivity contribution < 1.29 is 0 Å². The van der Waals surface area contributed by atoms with Crippen molar-refractivity contribution in [1.29, 1.82) is 0 Å². The van der Waals surface area contributed by atoms with Crippen LogP contribution in [0, 0.1) is 6.92 Å². The van der Waals surface area contributed by atoms with Crippen LogP contribution < -0.4 is 5.32 Å². The Morgan fingerprint density at radius 3 is 2.84 bits per heavy atom. The summed E-state index contributed by atoms with van der Waals surface area (Å²) in [5.41, 5.74) is 2.09. The average Bonchev–Trinajstić information content (AvgIpc) is 2.85. The Labute approximate surface area is 114 Å². The normalized spacial score (nSPS) is 11.4. The van der Waals surface area contributed by atoms with Crippen LogP contribution in [-0.4, -0.2) is 45.7 Å². The van der Waals surface area contributed by atoms with E-state index in [2.05, 4.69) is 47.1 Å². The summed E-state index contributed by atoms with van der Waals surface area (Å²) in [5, 5.41) is 7.70. The Kier molecular flexibility index (Phi) is 4.74. The highest BCUT2D eigenvalue weighted by Gasteiger charge is 2.05. The zero-order chi connectivity index (χ0) is 13.7. The van der Waals surface area contributed by atoms with Crippen molar-refractivity contribution in [2.75, 3.05) is 31.5 Å². The molecule has 2 aromatic heterocycles. The van der Waals surface area contributed by atoms with Gasteiger partial charge in [0.15, 0.2) is 5.65 Å². The number of pyridine rings is 1. The number of rotatable bonds is 7.